The van der Waals surface area contributed by atoms with Gasteiger partial charge in [-0.3, -0.25) is 14.7 Å². The van der Waals surface area contributed by atoms with Gasteiger partial charge < -0.3 is 9.47 Å². The van der Waals surface area contributed by atoms with Gasteiger partial charge in [-0.1, -0.05) is 6.07 Å². The Kier molecular flexibility index (Phi) is 2.96. The molecule has 2 aromatic heterocycles. The number of pyridine rings is 1. The zero-order chi connectivity index (χ0) is 16.3. The quantitative estimate of drug-likeness (QED) is 0.860. The first-order valence-electron chi connectivity index (χ1n) is 8.76. The Hall–Kier alpha value is -2.37. The van der Waals surface area contributed by atoms with Crippen molar-refractivity contribution >= 4 is 5.91 Å². The number of fused-ring (bicyclic) bond motifs is 5. The number of hydrogen-bond acceptors (Lipinski definition) is 3. The molecule has 1 fully saturated rings. The van der Waals surface area contributed by atoms with Gasteiger partial charge in [0.05, 0.1) is 0 Å². The lowest BCUT2D eigenvalue weighted by molar-refractivity contribution is 0.0587. The van der Waals surface area contributed by atoms with Gasteiger partial charge in [0.1, 0.15) is 0 Å². The number of nitrogens with zero attached hydrogens (tertiary/aromatic N) is 3. The summed E-state index contributed by atoms with van der Waals surface area (Å²) in [7, 11) is 0. The van der Waals surface area contributed by atoms with E-state index in [0.29, 0.717) is 24.7 Å². The Labute approximate surface area is 139 Å². The topological polar surface area (TPSA) is 71.0 Å². The smallest absolute Gasteiger partial charge is 0.274 e. The van der Waals surface area contributed by atoms with E-state index in [1.807, 2.05) is 21.6 Å². The highest BCUT2D eigenvalue weighted by Gasteiger charge is 2.37. The van der Waals surface area contributed by atoms with Gasteiger partial charge in [0, 0.05) is 48.6 Å². The minimum absolute atomic E-state index is 0.0517. The maximum atomic E-state index is 13.0. The molecule has 0 spiro atoms. The van der Waals surface area contributed by atoms with Gasteiger partial charge in [-0.2, -0.15) is 5.10 Å². The van der Waals surface area contributed by atoms with Crippen molar-refractivity contribution in [1.29, 1.82) is 0 Å². The summed E-state index contributed by atoms with van der Waals surface area (Å²) in [5.41, 5.74) is 4.02. The molecule has 6 nitrogen and oxygen atoms in total. The molecule has 0 radical (unpaired) electrons. The summed E-state index contributed by atoms with van der Waals surface area (Å²) in [6.45, 7) is 2.12. The van der Waals surface area contributed by atoms with Crippen LogP contribution in [-0.2, 0) is 19.4 Å². The van der Waals surface area contributed by atoms with Crippen LogP contribution in [0, 0.1) is 5.92 Å². The van der Waals surface area contributed by atoms with Crippen LogP contribution in [0.25, 0.3) is 0 Å². The number of likely N-dealkylation sites (tertiary alicyclic amines) is 1. The van der Waals surface area contributed by atoms with E-state index in [-0.39, 0.29) is 17.4 Å². The Morgan fingerprint density at radius 1 is 1.21 bits per heavy atom. The van der Waals surface area contributed by atoms with Crippen LogP contribution >= 0.6 is 0 Å². The molecule has 2 unspecified atom stereocenters. The molecule has 3 aliphatic rings. The van der Waals surface area contributed by atoms with Crippen molar-refractivity contribution in [3.8, 4) is 0 Å². The molecule has 1 aliphatic carbocycles. The van der Waals surface area contributed by atoms with E-state index in [2.05, 4.69) is 10.2 Å². The van der Waals surface area contributed by atoms with Crippen LogP contribution in [-0.4, -0.2) is 38.7 Å². The van der Waals surface area contributed by atoms with Crippen molar-refractivity contribution in [3.05, 3.63) is 51.2 Å². The van der Waals surface area contributed by atoms with Crippen LogP contribution in [0.2, 0.25) is 0 Å². The summed E-state index contributed by atoms with van der Waals surface area (Å²) in [6.07, 6.45) is 4.11. The van der Waals surface area contributed by atoms with Gasteiger partial charge in [0.25, 0.3) is 11.5 Å². The molecular weight excluding hydrogens is 304 g/mol. The molecule has 2 atom stereocenters. The highest BCUT2D eigenvalue weighted by Crippen LogP contribution is 2.36. The second-order valence-electron chi connectivity index (χ2n) is 7.29. The van der Waals surface area contributed by atoms with Gasteiger partial charge in [0.2, 0.25) is 0 Å². The number of carbonyl (C=O) groups is 1. The molecule has 124 valence electrons. The van der Waals surface area contributed by atoms with Crippen LogP contribution in [0.15, 0.2) is 23.0 Å². The van der Waals surface area contributed by atoms with Crippen molar-refractivity contribution in [2.45, 2.75) is 38.1 Å². The molecule has 5 rings (SSSR count). The van der Waals surface area contributed by atoms with E-state index in [0.717, 1.165) is 49.2 Å². The van der Waals surface area contributed by atoms with E-state index in [9.17, 15) is 9.59 Å². The van der Waals surface area contributed by atoms with Gasteiger partial charge in [-0.15, -0.1) is 0 Å². The van der Waals surface area contributed by atoms with Crippen LogP contribution in [0.3, 0.4) is 0 Å². The van der Waals surface area contributed by atoms with Crippen LogP contribution in [0.1, 0.15) is 46.2 Å². The molecular formula is C18H20N4O2. The maximum absolute atomic E-state index is 13.0. The number of nitrogens with one attached hydrogen (secondary N) is 1. The average Bonchev–Trinajstić information content (AvgIpc) is 3.18. The average molecular weight is 324 g/mol. The first-order valence-corrected chi connectivity index (χ1v) is 8.76. The number of aromatic nitrogens is 3. The lowest BCUT2D eigenvalue weighted by Crippen LogP contribution is -2.49. The van der Waals surface area contributed by atoms with Gasteiger partial charge in [0.15, 0.2) is 5.69 Å². The lowest BCUT2D eigenvalue weighted by atomic mass is 9.83. The molecule has 1 N–H and O–H groups in total. The monoisotopic (exact) mass is 324 g/mol. The number of piperidine rings is 1. The van der Waals surface area contributed by atoms with Crippen molar-refractivity contribution in [3.63, 3.8) is 0 Å². The van der Waals surface area contributed by atoms with Crippen LogP contribution in [0.5, 0.6) is 0 Å². The van der Waals surface area contributed by atoms with Gasteiger partial charge in [-0.05, 0) is 37.7 Å². The SMILES string of the molecule is O=C(c1n[nH]c2c1CCC2)N1CC2CC(C1)c1cccc(=O)n1C2. The second kappa shape index (κ2) is 5.06. The first kappa shape index (κ1) is 14.0. The van der Waals surface area contributed by atoms with E-state index < -0.39 is 0 Å². The zero-order valence-corrected chi connectivity index (χ0v) is 13.5. The zero-order valence-electron chi connectivity index (χ0n) is 13.5. The molecule has 0 aromatic carbocycles. The Morgan fingerprint density at radius 2 is 2.12 bits per heavy atom. The number of carbonyl (C=O) groups excluding carboxylic acids is 1. The lowest BCUT2D eigenvalue weighted by Gasteiger charge is -2.42. The summed E-state index contributed by atoms with van der Waals surface area (Å²) < 4.78 is 1.90. The number of hydrogen-bond donors (Lipinski definition) is 1. The third-order valence-electron chi connectivity index (χ3n) is 5.78. The fraction of sp³-hybridized carbons (Fsp3) is 0.500. The minimum Gasteiger partial charge on any atom is -0.336 e. The van der Waals surface area contributed by atoms with Gasteiger partial charge in [-0.25, -0.2) is 0 Å². The van der Waals surface area contributed by atoms with Crippen molar-refractivity contribution in [2.75, 3.05) is 13.1 Å². The number of amides is 1. The third kappa shape index (κ3) is 1.98. The fourth-order valence-corrected chi connectivity index (χ4v) is 4.71. The standard InChI is InChI=1S/C18H20N4O2/c23-16-6-2-5-15-12-7-11(9-22(15)16)8-21(10-12)18(24)17-13-3-1-4-14(13)19-20-17/h2,5-6,11-12H,1,3-4,7-10H2,(H,19,20). The summed E-state index contributed by atoms with van der Waals surface area (Å²) in [5.74, 6) is 0.658. The predicted octanol–water partition coefficient (Wildman–Crippen LogP) is 1.32. The third-order valence-corrected chi connectivity index (χ3v) is 5.78. The summed E-state index contributed by atoms with van der Waals surface area (Å²) in [6, 6.07) is 5.48. The van der Waals surface area contributed by atoms with E-state index in [1.54, 1.807) is 6.07 Å². The van der Waals surface area contributed by atoms with Crippen molar-refractivity contribution < 1.29 is 4.79 Å². The van der Waals surface area contributed by atoms with Gasteiger partial charge >= 0.3 is 0 Å². The van der Waals surface area contributed by atoms with E-state index in [4.69, 9.17) is 0 Å². The number of rotatable bonds is 1. The molecule has 1 amide bonds. The highest BCUT2D eigenvalue weighted by atomic mass is 16.2. The minimum atomic E-state index is 0.0517. The molecule has 2 bridgehead atoms. The van der Waals surface area contributed by atoms with Crippen molar-refractivity contribution in [2.24, 2.45) is 5.92 Å². The maximum Gasteiger partial charge on any atom is 0.274 e. The predicted molar refractivity (Wildman–Crippen MR) is 88.1 cm³/mol. The largest absolute Gasteiger partial charge is 0.336 e. The summed E-state index contributed by atoms with van der Waals surface area (Å²) in [4.78, 5) is 27.1. The Balaban J connectivity index is 1.46. The van der Waals surface area contributed by atoms with Crippen molar-refractivity contribution in [1.82, 2.24) is 19.7 Å². The fourth-order valence-electron chi connectivity index (χ4n) is 4.71. The molecule has 6 heteroatoms. The van der Waals surface area contributed by atoms with Crippen LogP contribution < -0.4 is 5.56 Å². The van der Waals surface area contributed by atoms with E-state index in [1.165, 1.54) is 0 Å². The Morgan fingerprint density at radius 3 is 3.04 bits per heavy atom. The molecule has 0 saturated carbocycles. The molecule has 2 aliphatic heterocycles. The number of H-pyrrole nitrogens is 1. The Bertz CT molecular complexity index is 881. The molecule has 2 aromatic rings. The first-order chi connectivity index (χ1) is 11.7. The molecule has 1 saturated heterocycles. The second-order valence-corrected chi connectivity index (χ2v) is 7.29. The molecule has 24 heavy (non-hydrogen) atoms. The summed E-state index contributed by atoms with van der Waals surface area (Å²) >= 11 is 0. The highest BCUT2D eigenvalue weighted by molar-refractivity contribution is 5.94. The molecule has 4 heterocycles. The number of aromatic amines is 1. The summed E-state index contributed by atoms with van der Waals surface area (Å²) in [5, 5.41) is 7.33. The van der Waals surface area contributed by atoms with Crippen LogP contribution in [0.4, 0.5) is 0 Å². The van der Waals surface area contributed by atoms with E-state index >= 15 is 0 Å². The number of aryl methyl sites for hydroxylation is 1. The normalized spacial score (nSPS) is 24.6.